The summed E-state index contributed by atoms with van der Waals surface area (Å²) in [4.78, 5) is 0.206. The van der Waals surface area contributed by atoms with Crippen LogP contribution in [0.25, 0.3) is 0 Å². The SMILES string of the molecule is Cc1ccc(S(=O)(=O)Nc2ccn(Cc3cccc(Cl)c3)n2)cc1. The van der Waals surface area contributed by atoms with Crippen LogP contribution in [0.5, 0.6) is 0 Å². The third kappa shape index (κ3) is 3.96. The third-order valence-electron chi connectivity index (χ3n) is 3.44. The second-order valence-corrected chi connectivity index (χ2v) is 7.57. The predicted molar refractivity (Wildman–Crippen MR) is 94.8 cm³/mol. The molecule has 7 heteroatoms. The van der Waals surface area contributed by atoms with Crippen LogP contribution >= 0.6 is 11.6 Å². The molecular weight excluding hydrogens is 346 g/mol. The molecule has 5 nitrogen and oxygen atoms in total. The van der Waals surface area contributed by atoms with Gasteiger partial charge in [-0.3, -0.25) is 9.40 Å². The second kappa shape index (κ2) is 6.67. The van der Waals surface area contributed by atoms with Gasteiger partial charge in [0.1, 0.15) is 0 Å². The van der Waals surface area contributed by atoms with Crippen molar-refractivity contribution in [1.82, 2.24) is 9.78 Å². The van der Waals surface area contributed by atoms with E-state index < -0.39 is 10.0 Å². The molecular formula is C17H16ClN3O2S. The minimum absolute atomic E-state index is 0.206. The van der Waals surface area contributed by atoms with Crippen LogP contribution in [0, 0.1) is 6.92 Å². The lowest BCUT2D eigenvalue weighted by molar-refractivity contribution is 0.600. The molecule has 0 aliphatic rings. The Morgan fingerprint density at radius 2 is 1.88 bits per heavy atom. The van der Waals surface area contributed by atoms with Gasteiger partial charge in [0, 0.05) is 17.3 Å². The van der Waals surface area contributed by atoms with E-state index in [-0.39, 0.29) is 10.7 Å². The summed E-state index contributed by atoms with van der Waals surface area (Å²) in [5.41, 5.74) is 1.98. The van der Waals surface area contributed by atoms with E-state index in [9.17, 15) is 8.42 Å². The van der Waals surface area contributed by atoms with Crippen molar-refractivity contribution < 1.29 is 8.42 Å². The van der Waals surface area contributed by atoms with Gasteiger partial charge in [-0.15, -0.1) is 0 Å². The summed E-state index contributed by atoms with van der Waals surface area (Å²) >= 11 is 5.96. The highest BCUT2D eigenvalue weighted by molar-refractivity contribution is 7.92. The zero-order chi connectivity index (χ0) is 17.2. The lowest BCUT2D eigenvalue weighted by Gasteiger charge is -2.06. The Balaban J connectivity index is 1.75. The van der Waals surface area contributed by atoms with Crippen LogP contribution < -0.4 is 4.72 Å². The molecule has 0 amide bonds. The standard InChI is InChI=1S/C17H16ClN3O2S/c1-13-5-7-16(8-6-13)24(22,23)20-17-9-10-21(19-17)12-14-3-2-4-15(18)11-14/h2-11H,12H2,1H3,(H,19,20). The van der Waals surface area contributed by atoms with Crippen molar-refractivity contribution in [1.29, 1.82) is 0 Å². The first-order chi connectivity index (χ1) is 11.4. The molecule has 0 unspecified atom stereocenters. The average molecular weight is 362 g/mol. The highest BCUT2D eigenvalue weighted by Gasteiger charge is 2.15. The summed E-state index contributed by atoms with van der Waals surface area (Å²) < 4.78 is 28.8. The van der Waals surface area contributed by atoms with Crippen molar-refractivity contribution in [2.45, 2.75) is 18.4 Å². The van der Waals surface area contributed by atoms with Gasteiger partial charge in [0.15, 0.2) is 5.82 Å². The van der Waals surface area contributed by atoms with E-state index >= 15 is 0 Å². The summed E-state index contributed by atoms with van der Waals surface area (Å²) in [6, 6.07) is 15.7. The molecule has 0 saturated heterocycles. The Hall–Kier alpha value is -2.31. The maximum Gasteiger partial charge on any atom is 0.263 e. The number of halogens is 1. The number of nitrogens with zero attached hydrogens (tertiary/aromatic N) is 2. The van der Waals surface area contributed by atoms with Crippen molar-refractivity contribution in [2.75, 3.05) is 4.72 Å². The van der Waals surface area contributed by atoms with E-state index in [1.165, 1.54) is 0 Å². The van der Waals surface area contributed by atoms with Crippen molar-refractivity contribution in [3.8, 4) is 0 Å². The maximum absolute atomic E-state index is 12.3. The smallest absolute Gasteiger partial charge is 0.263 e. The van der Waals surface area contributed by atoms with Crippen LogP contribution in [0.4, 0.5) is 5.82 Å². The number of aryl methyl sites for hydroxylation is 1. The number of sulfonamides is 1. The maximum atomic E-state index is 12.3. The number of hydrogen-bond acceptors (Lipinski definition) is 3. The number of nitrogens with one attached hydrogen (secondary N) is 1. The van der Waals surface area contributed by atoms with E-state index in [2.05, 4.69) is 9.82 Å². The largest absolute Gasteiger partial charge is 0.266 e. The van der Waals surface area contributed by atoms with Gasteiger partial charge in [-0.25, -0.2) is 8.42 Å². The normalized spacial score (nSPS) is 11.4. The summed E-state index contributed by atoms with van der Waals surface area (Å²) in [7, 11) is -3.64. The minimum Gasteiger partial charge on any atom is -0.266 e. The zero-order valence-electron chi connectivity index (χ0n) is 13.0. The van der Waals surface area contributed by atoms with Crippen molar-refractivity contribution in [3.63, 3.8) is 0 Å². The van der Waals surface area contributed by atoms with Crippen LogP contribution in [0.3, 0.4) is 0 Å². The summed E-state index contributed by atoms with van der Waals surface area (Å²) in [6.45, 7) is 2.41. The lowest BCUT2D eigenvalue weighted by atomic mass is 10.2. The van der Waals surface area contributed by atoms with Gasteiger partial charge in [-0.1, -0.05) is 41.4 Å². The highest BCUT2D eigenvalue weighted by Crippen LogP contribution is 2.16. The van der Waals surface area contributed by atoms with E-state index in [0.717, 1.165) is 11.1 Å². The molecule has 24 heavy (non-hydrogen) atoms. The highest BCUT2D eigenvalue weighted by atomic mass is 35.5. The van der Waals surface area contributed by atoms with Gasteiger partial charge in [-0.2, -0.15) is 5.10 Å². The predicted octanol–water partition coefficient (Wildman–Crippen LogP) is 3.69. The van der Waals surface area contributed by atoms with E-state index in [0.29, 0.717) is 11.6 Å². The van der Waals surface area contributed by atoms with Gasteiger partial charge in [0.2, 0.25) is 0 Å². The van der Waals surface area contributed by atoms with Gasteiger partial charge in [0.05, 0.1) is 11.4 Å². The first kappa shape index (κ1) is 16.5. The fourth-order valence-corrected chi connectivity index (χ4v) is 3.45. The Kier molecular flexibility index (Phi) is 4.59. The van der Waals surface area contributed by atoms with Crippen LogP contribution in [-0.2, 0) is 16.6 Å². The van der Waals surface area contributed by atoms with Crippen LogP contribution in [0.2, 0.25) is 5.02 Å². The topological polar surface area (TPSA) is 64.0 Å². The third-order valence-corrected chi connectivity index (χ3v) is 5.05. The number of hydrogen-bond donors (Lipinski definition) is 1. The molecule has 0 aliphatic heterocycles. The van der Waals surface area contributed by atoms with E-state index in [1.807, 2.05) is 25.1 Å². The van der Waals surface area contributed by atoms with Crippen LogP contribution in [-0.4, -0.2) is 18.2 Å². The van der Waals surface area contributed by atoms with Gasteiger partial charge in [0.25, 0.3) is 10.0 Å². The number of anilines is 1. The number of benzene rings is 2. The van der Waals surface area contributed by atoms with Crippen molar-refractivity contribution >= 4 is 27.4 Å². The molecule has 0 saturated carbocycles. The first-order valence-corrected chi connectivity index (χ1v) is 9.16. The van der Waals surface area contributed by atoms with Gasteiger partial charge < -0.3 is 0 Å². The molecule has 0 radical (unpaired) electrons. The molecule has 0 spiro atoms. The zero-order valence-corrected chi connectivity index (χ0v) is 14.6. The molecule has 0 bridgehead atoms. The molecule has 1 heterocycles. The van der Waals surface area contributed by atoms with Crippen molar-refractivity contribution in [2.24, 2.45) is 0 Å². The molecule has 124 valence electrons. The first-order valence-electron chi connectivity index (χ1n) is 7.30. The Morgan fingerprint density at radius 3 is 2.58 bits per heavy atom. The quantitative estimate of drug-likeness (QED) is 0.753. The minimum atomic E-state index is -3.64. The van der Waals surface area contributed by atoms with Gasteiger partial charge in [-0.05, 0) is 36.8 Å². The average Bonchev–Trinajstić information content (AvgIpc) is 2.94. The number of aromatic nitrogens is 2. The van der Waals surface area contributed by atoms with E-state index in [1.54, 1.807) is 47.3 Å². The second-order valence-electron chi connectivity index (χ2n) is 5.45. The summed E-state index contributed by atoms with van der Waals surface area (Å²) in [6.07, 6.45) is 1.72. The molecule has 0 aliphatic carbocycles. The fourth-order valence-electron chi connectivity index (χ4n) is 2.24. The van der Waals surface area contributed by atoms with Crippen molar-refractivity contribution in [3.05, 3.63) is 76.9 Å². The molecule has 1 aromatic heterocycles. The molecule has 0 fully saturated rings. The Bertz CT molecular complexity index is 950. The fraction of sp³-hybridized carbons (Fsp3) is 0.118. The molecule has 3 aromatic rings. The molecule has 2 aromatic carbocycles. The summed E-state index contributed by atoms with van der Waals surface area (Å²) in [5, 5.41) is 4.90. The lowest BCUT2D eigenvalue weighted by Crippen LogP contribution is -2.13. The number of rotatable bonds is 5. The van der Waals surface area contributed by atoms with Crippen LogP contribution in [0.15, 0.2) is 65.7 Å². The molecule has 0 atom stereocenters. The Labute approximate surface area is 145 Å². The van der Waals surface area contributed by atoms with E-state index in [4.69, 9.17) is 11.6 Å². The monoisotopic (exact) mass is 361 g/mol. The van der Waals surface area contributed by atoms with Crippen LogP contribution in [0.1, 0.15) is 11.1 Å². The Morgan fingerprint density at radius 1 is 1.12 bits per heavy atom. The molecule has 3 rings (SSSR count). The van der Waals surface area contributed by atoms with Gasteiger partial charge >= 0.3 is 0 Å². The molecule has 1 N–H and O–H groups in total. The summed E-state index contributed by atoms with van der Waals surface area (Å²) in [5.74, 6) is 0.276.